The Balaban J connectivity index is 0.000000138. The van der Waals surface area contributed by atoms with Crippen LogP contribution in [0.25, 0.3) is 195 Å². The van der Waals surface area contributed by atoms with E-state index in [0.29, 0.717) is 51.1 Å². The molecule has 0 N–H and O–H groups in total. The lowest BCUT2D eigenvalue weighted by Gasteiger charge is -2.13. The Bertz CT molecular complexity index is 6910. The van der Waals surface area contributed by atoms with Gasteiger partial charge in [0.2, 0.25) is 0 Å². The number of hydrogen-bond donors (Lipinski definition) is 0. The number of halogens is 1. The van der Waals surface area contributed by atoms with Crippen LogP contribution < -0.4 is 0 Å². The quantitative estimate of drug-likeness (QED) is 0.126. The van der Waals surface area contributed by atoms with Crippen LogP contribution in [0.3, 0.4) is 0 Å². The van der Waals surface area contributed by atoms with E-state index in [1.807, 2.05) is 164 Å². The van der Waals surface area contributed by atoms with Gasteiger partial charge in [-0.05, 0) is 123 Å². The molecular formula is C105H74ClN7O2. The maximum absolute atomic E-state index is 7.25. The molecule has 5 heterocycles. The number of fused-ring (bicyclic) bond motifs is 12. The summed E-state index contributed by atoms with van der Waals surface area (Å²) in [6, 6.07) is 133. The van der Waals surface area contributed by atoms with Crippen molar-refractivity contribution in [2.45, 2.75) is 21.3 Å². The molecule has 5 aromatic heterocycles. The Kier molecular flexibility index (Phi) is 19.5. The Labute approximate surface area is 671 Å². The number of furan rings is 2. The van der Waals surface area contributed by atoms with Gasteiger partial charge in [0.05, 0.1) is 38.3 Å². The maximum atomic E-state index is 7.25. The molecule has 0 bridgehead atoms. The van der Waals surface area contributed by atoms with Crippen LogP contribution in [0.15, 0.2) is 397 Å². The minimum absolute atomic E-state index is 0. The summed E-state index contributed by atoms with van der Waals surface area (Å²) < 4.78 is 16.4. The standard InChI is InChI=1S/C51H32N4O.C39H24ClN3O.C13H10.2CH4/c1-5-17-33(18-6-1)37-31-41(34-19-7-2-8-20-34)47-42(32-37)46-45(55-43-27-15-13-25-38(43)39-26-14-16-28-44(39)55)30-29-40(48(46)56-47)51-53-49(35-21-9-3-10-22-35)52-50(54-51)36-23-11-4-12-24-36;40-33-22-21-30(39-42-37(27-17-9-3-10-18-27)41-38(43-39)28-19-11-4-12-20-28)36-34(33)32-24-29(25-13-5-1-6-14-25)23-31(35(32)44-36)26-15-7-2-8-16-26;1-3-7-12-10(5-1)9-11-6-2-4-8-13(11)12;;/h1-32H;1-24H;1-8H,9H2;2*1H4. The van der Waals surface area contributed by atoms with Gasteiger partial charge in [0, 0.05) is 60.3 Å². The van der Waals surface area contributed by atoms with E-state index in [1.165, 1.54) is 33.0 Å². The zero-order valence-corrected chi connectivity index (χ0v) is 61.7. The third kappa shape index (κ3) is 13.5. The van der Waals surface area contributed by atoms with E-state index in [1.54, 1.807) is 0 Å². The highest BCUT2D eigenvalue weighted by atomic mass is 35.5. The molecule has 0 spiro atoms. The van der Waals surface area contributed by atoms with E-state index < -0.39 is 0 Å². The Hall–Kier alpha value is -14.8. The number of para-hydroxylation sites is 2. The van der Waals surface area contributed by atoms with Crippen molar-refractivity contribution in [2.24, 2.45) is 0 Å². The number of benzene rings is 16. The van der Waals surface area contributed by atoms with Crippen LogP contribution in [0, 0.1) is 0 Å². The number of aromatic nitrogens is 7. The van der Waals surface area contributed by atoms with E-state index in [2.05, 4.69) is 229 Å². The van der Waals surface area contributed by atoms with Crippen molar-refractivity contribution < 1.29 is 8.83 Å². The summed E-state index contributed by atoms with van der Waals surface area (Å²) in [5.74, 6) is 3.43. The largest absolute Gasteiger partial charge is 0.455 e. The second-order valence-electron chi connectivity index (χ2n) is 28.0. The highest BCUT2D eigenvalue weighted by molar-refractivity contribution is 6.38. The lowest BCUT2D eigenvalue weighted by molar-refractivity contribution is 0.670. The molecular weight excluding hydrogens is 1430 g/mol. The summed E-state index contributed by atoms with van der Waals surface area (Å²) in [7, 11) is 0. The van der Waals surface area contributed by atoms with Crippen LogP contribution in [0.2, 0.25) is 5.02 Å². The second-order valence-corrected chi connectivity index (χ2v) is 28.4. The van der Waals surface area contributed by atoms with Gasteiger partial charge in [-0.3, -0.25) is 0 Å². The molecule has 16 aromatic carbocycles. The van der Waals surface area contributed by atoms with Crippen LogP contribution in [-0.4, -0.2) is 34.5 Å². The monoisotopic (exact) mass is 1500 g/mol. The van der Waals surface area contributed by atoms with Gasteiger partial charge >= 0.3 is 0 Å². The van der Waals surface area contributed by atoms with E-state index >= 15 is 0 Å². The number of rotatable bonds is 11. The van der Waals surface area contributed by atoms with Gasteiger partial charge in [0.1, 0.15) is 22.3 Å². The van der Waals surface area contributed by atoms with Crippen molar-refractivity contribution in [3.05, 3.63) is 404 Å². The van der Waals surface area contributed by atoms with Gasteiger partial charge in [0.15, 0.2) is 34.9 Å². The number of nitrogens with zero attached hydrogens (tertiary/aromatic N) is 7. The van der Waals surface area contributed by atoms with Crippen LogP contribution in [-0.2, 0) is 6.42 Å². The molecule has 0 aliphatic heterocycles. The third-order valence-corrected chi connectivity index (χ3v) is 21.5. The van der Waals surface area contributed by atoms with E-state index in [4.69, 9.17) is 50.3 Å². The summed E-state index contributed by atoms with van der Waals surface area (Å²) in [6.07, 6.45) is 1.10. The molecule has 0 saturated carbocycles. The topological polar surface area (TPSA) is 109 Å². The fourth-order valence-electron chi connectivity index (χ4n) is 15.8. The molecule has 0 saturated heterocycles. The van der Waals surface area contributed by atoms with Gasteiger partial charge in [0.25, 0.3) is 0 Å². The summed E-state index contributed by atoms with van der Waals surface area (Å²) in [5.41, 5.74) is 25.7. The van der Waals surface area contributed by atoms with Crippen molar-refractivity contribution in [3.8, 4) is 130 Å². The van der Waals surface area contributed by atoms with E-state index in [9.17, 15) is 0 Å². The van der Waals surface area contributed by atoms with Crippen LogP contribution in [0.1, 0.15) is 26.0 Å². The minimum atomic E-state index is 0. The smallest absolute Gasteiger partial charge is 0.167 e. The second kappa shape index (κ2) is 31.2. The zero-order valence-electron chi connectivity index (χ0n) is 61.0. The highest BCUT2D eigenvalue weighted by Gasteiger charge is 2.28. The normalized spacial score (nSPS) is 11.3. The summed E-state index contributed by atoms with van der Waals surface area (Å²) >= 11 is 6.97. The minimum Gasteiger partial charge on any atom is -0.455 e. The molecule has 10 heteroatoms. The first kappa shape index (κ1) is 71.8. The van der Waals surface area contributed by atoms with E-state index in [0.717, 1.165) is 134 Å². The molecule has 1 aliphatic rings. The van der Waals surface area contributed by atoms with Crippen LogP contribution >= 0.6 is 11.6 Å². The molecule has 548 valence electrons. The highest BCUT2D eigenvalue weighted by Crippen LogP contribution is 2.49. The summed E-state index contributed by atoms with van der Waals surface area (Å²) in [4.78, 5) is 30.1. The van der Waals surface area contributed by atoms with Gasteiger partial charge in [-0.1, -0.05) is 354 Å². The van der Waals surface area contributed by atoms with Crippen molar-refractivity contribution in [1.29, 1.82) is 0 Å². The molecule has 0 radical (unpaired) electrons. The Morgan fingerprint density at radius 2 is 0.530 bits per heavy atom. The lowest BCUT2D eigenvalue weighted by atomic mass is 9.95. The fraction of sp³-hybridized carbons (Fsp3) is 0.0286. The third-order valence-electron chi connectivity index (χ3n) is 21.2. The molecule has 22 rings (SSSR count). The molecule has 9 nitrogen and oxygen atoms in total. The Morgan fingerprint density at radius 3 is 0.922 bits per heavy atom. The maximum Gasteiger partial charge on any atom is 0.167 e. The van der Waals surface area contributed by atoms with Crippen LogP contribution in [0.4, 0.5) is 0 Å². The van der Waals surface area contributed by atoms with Gasteiger partial charge in [-0.2, -0.15) is 0 Å². The Morgan fingerprint density at radius 1 is 0.226 bits per heavy atom. The van der Waals surface area contributed by atoms with Gasteiger partial charge < -0.3 is 13.4 Å². The summed E-state index contributed by atoms with van der Waals surface area (Å²) in [5, 5.41) is 6.76. The lowest BCUT2D eigenvalue weighted by Crippen LogP contribution is -2.01. The van der Waals surface area contributed by atoms with Crippen LogP contribution in [0.5, 0.6) is 0 Å². The van der Waals surface area contributed by atoms with Crippen molar-refractivity contribution in [2.75, 3.05) is 0 Å². The fourth-order valence-corrected chi connectivity index (χ4v) is 16.1. The molecule has 0 amide bonds. The van der Waals surface area contributed by atoms with Gasteiger partial charge in [-0.15, -0.1) is 0 Å². The SMILES string of the molecule is C.C.Clc1ccc(-c2nc(-c3ccccc3)nc(-c3ccccc3)n2)c2oc3c(-c4ccccc4)cc(-c4ccccc4)cc3c12.c1ccc(-c2cc(-c3ccccc3)c3oc4c(-c5nc(-c6ccccc6)nc(-c6ccccc6)n5)ccc(-n5c6ccccc6c6ccccc65)c4c3c2)cc1.c1ccc2c(c1)Cc1ccccc1-2. The average Bonchev–Trinajstić information content (AvgIpc) is 1.56. The first-order chi connectivity index (χ1) is 56.0. The molecule has 0 unspecified atom stereocenters. The predicted octanol–water partition coefficient (Wildman–Crippen LogP) is 28.5. The molecule has 115 heavy (non-hydrogen) atoms. The number of hydrogen-bond acceptors (Lipinski definition) is 8. The van der Waals surface area contributed by atoms with E-state index in [-0.39, 0.29) is 14.9 Å². The average molecular weight is 1500 g/mol. The molecule has 0 fully saturated rings. The molecule has 21 aromatic rings. The summed E-state index contributed by atoms with van der Waals surface area (Å²) in [6.45, 7) is 0. The predicted molar refractivity (Wildman–Crippen MR) is 476 cm³/mol. The zero-order chi connectivity index (χ0) is 75.1. The first-order valence-electron chi connectivity index (χ1n) is 37.8. The molecule has 0 atom stereocenters. The van der Waals surface area contributed by atoms with Crippen molar-refractivity contribution in [3.63, 3.8) is 0 Å². The first-order valence-corrected chi connectivity index (χ1v) is 38.2. The molecule has 1 aliphatic carbocycles. The van der Waals surface area contributed by atoms with Crippen molar-refractivity contribution in [1.82, 2.24) is 34.5 Å². The van der Waals surface area contributed by atoms with Gasteiger partial charge in [-0.25, -0.2) is 29.9 Å². The van der Waals surface area contributed by atoms with Crippen molar-refractivity contribution >= 4 is 77.3 Å².